The van der Waals surface area contributed by atoms with Gasteiger partial charge in [-0.1, -0.05) is 0 Å². The summed E-state index contributed by atoms with van der Waals surface area (Å²) >= 11 is 0. The van der Waals surface area contributed by atoms with Crippen LogP contribution in [-0.2, 0) is 27.8 Å². The van der Waals surface area contributed by atoms with E-state index in [-0.39, 0.29) is 23.8 Å². The van der Waals surface area contributed by atoms with Gasteiger partial charge in [0.2, 0.25) is 5.91 Å². The van der Waals surface area contributed by atoms with Crippen LogP contribution < -0.4 is 5.32 Å². The Morgan fingerprint density at radius 1 is 1.29 bits per heavy atom. The number of amides is 1. The zero-order chi connectivity index (χ0) is 17.4. The number of hydrogen-bond donors (Lipinski definition) is 1. The summed E-state index contributed by atoms with van der Waals surface area (Å²) in [6.07, 6.45) is 4.32. The van der Waals surface area contributed by atoms with E-state index in [9.17, 15) is 9.59 Å². The van der Waals surface area contributed by atoms with Crippen molar-refractivity contribution in [2.45, 2.75) is 52.0 Å². The van der Waals surface area contributed by atoms with Crippen molar-refractivity contribution in [3.05, 3.63) is 17.0 Å². The minimum atomic E-state index is -0.175. The predicted molar refractivity (Wildman–Crippen MR) is 89.3 cm³/mol. The number of esters is 1. The summed E-state index contributed by atoms with van der Waals surface area (Å²) in [4.78, 5) is 24.5. The number of nitrogens with one attached hydrogen (secondary N) is 1. The minimum absolute atomic E-state index is 0.0177. The second kappa shape index (κ2) is 6.57. The fourth-order valence-corrected chi connectivity index (χ4v) is 4.65. The number of aryl methyl sites for hydroxylation is 2. The maximum absolute atomic E-state index is 12.4. The Hall–Kier alpha value is -1.85. The summed E-state index contributed by atoms with van der Waals surface area (Å²) in [5.41, 5.74) is 3.23. The van der Waals surface area contributed by atoms with Crippen molar-refractivity contribution in [3.8, 4) is 0 Å². The topological polar surface area (TPSA) is 73.2 Å². The number of carbonyl (C=O) groups excluding carboxylic acids is 2. The number of ether oxygens (including phenoxy) is 1. The van der Waals surface area contributed by atoms with Gasteiger partial charge >= 0.3 is 5.97 Å². The minimum Gasteiger partial charge on any atom is -0.469 e. The molecule has 1 N–H and O–H groups in total. The Bertz CT molecular complexity index is 652. The zero-order valence-corrected chi connectivity index (χ0v) is 15.0. The number of aromatic nitrogens is 2. The second-order valence-corrected chi connectivity index (χ2v) is 7.25. The highest BCUT2D eigenvalue weighted by Gasteiger charge is 2.51. The third-order valence-corrected chi connectivity index (χ3v) is 5.98. The molecule has 1 aromatic rings. The van der Waals surface area contributed by atoms with E-state index in [0.717, 1.165) is 36.2 Å². The molecule has 2 fully saturated rings. The van der Waals surface area contributed by atoms with E-state index in [1.54, 1.807) is 0 Å². The van der Waals surface area contributed by atoms with E-state index >= 15 is 0 Å². The number of fused-ring (bicyclic) bond motifs is 2. The van der Waals surface area contributed by atoms with Gasteiger partial charge in [-0.05, 0) is 56.9 Å². The Balaban J connectivity index is 1.61. The molecule has 132 valence electrons. The average molecular weight is 333 g/mol. The van der Waals surface area contributed by atoms with Gasteiger partial charge in [-0.25, -0.2) is 0 Å². The van der Waals surface area contributed by atoms with Crippen LogP contribution in [0.15, 0.2) is 0 Å². The van der Waals surface area contributed by atoms with E-state index < -0.39 is 0 Å². The van der Waals surface area contributed by atoms with Crippen LogP contribution in [0, 0.1) is 31.6 Å². The van der Waals surface area contributed by atoms with Gasteiger partial charge in [0.15, 0.2) is 0 Å². The van der Waals surface area contributed by atoms with Gasteiger partial charge in [-0.2, -0.15) is 5.10 Å². The Labute approximate surface area is 142 Å². The lowest BCUT2D eigenvalue weighted by Gasteiger charge is -2.29. The molecule has 3 rings (SSSR count). The summed E-state index contributed by atoms with van der Waals surface area (Å²) in [6, 6.07) is -0.0557. The van der Waals surface area contributed by atoms with Crippen LogP contribution >= 0.6 is 0 Å². The average Bonchev–Trinajstić information content (AvgIpc) is 3.20. The highest BCUT2D eigenvalue weighted by molar-refractivity contribution is 5.79. The fourth-order valence-electron chi connectivity index (χ4n) is 4.65. The molecular weight excluding hydrogens is 306 g/mol. The van der Waals surface area contributed by atoms with Crippen molar-refractivity contribution in [3.63, 3.8) is 0 Å². The normalized spacial score (nSPS) is 28.2. The van der Waals surface area contributed by atoms with Gasteiger partial charge in [0.05, 0.1) is 18.7 Å². The molecule has 1 aromatic heterocycles. The van der Waals surface area contributed by atoms with Crippen molar-refractivity contribution in [2.75, 3.05) is 7.11 Å². The highest BCUT2D eigenvalue weighted by atomic mass is 16.5. The van der Waals surface area contributed by atoms with Crippen LogP contribution in [0.1, 0.15) is 42.6 Å². The van der Waals surface area contributed by atoms with E-state index in [2.05, 4.69) is 10.4 Å². The lowest BCUT2D eigenvalue weighted by atomic mass is 9.84. The Kier molecular flexibility index (Phi) is 4.65. The number of carbonyl (C=O) groups is 2. The summed E-state index contributed by atoms with van der Waals surface area (Å²) < 4.78 is 6.81. The molecular formula is C18H27N3O3. The molecule has 2 aliphatic rings. The van der Waals surface area contributed by atoms with Crippen molar-refractivity contribution in [1.29, 1.82) is 0 Å². The van der Waals surface area contributed by atoms with Crippen molar-refractivity contribution in [1.82, 2.24) is 15.1 Å². The van der Waals surface area contributed by atoms with Gasteiger partial charge in [0.1, 0.15) is 0 Å². The van der Waals surface area contributed by atoms with Gasteiger partial charge < -0.3 is 10.1 Å². The van der Waals surface area contributed by atoms with Crippen molar-refractivity contribution >= 4 is 11.9 Å². The van der Waals surface area contributed by atoms with Crippen LogP contribution in [-0.4, -0.2) is 34.8 Å². The molecule has 0 radical (unpaired) electrons. The molecule has 0 aliphatic heterocycles. The zero-order valence-electron chi connectivity index (χ0n) is 15.0. The molecule has 2 saturated carbocycles. The molecule has 0 spiro atoms. The van der Waals surface area contributed by atoms with Crippen LogP contribution in [0.5, 0.6) is 0 Å². The molecule has 1 amide bonds. The van der Waals surface area contributed by atoms with Crippen molar-refractivity contribution < 1.29 is 14.3 Å². The van der Waals surface area contributed by atoms with Crippen LogP contribution in [0.25, 0.3) is 0 Å². The molecule has 0 aromatic carbocycles. The van der Waals surface area contributed by atoms with Gasteiger partial charge in [-0.3, -0.25) is 14.3 Å². The van der Waals surface area contributed by atoms with E-state index in [4.69, 9.17) is 4.74 Å². The van der Waals surface area contributed by atoms with Crippen LogP contribution in [0.3, 0.4) is 0 Å². The summed E-state index contributed by atoms with van der Waals surface area (Å²) in [5, 5.41) is 7.52. The van der Waals surface area contributed by atoms with E-state index in [1.165, 1.54) is 7.11 Å². The molecule has 0 saturated heterocycles. The molecule has 24 heavy (non-hydrogen) atoms. The van der Waals surface area contributed by atoms with Crippen LogP contribution in [0.4, 0.5) is 0 Å². The smallest absolute Gasteiger partial charge is 0.311 e. The largest absolute Gasteiger partial charge is 0.469 e. The van der Waals surface area contributed by atoms with Gasteiger partial charge in [-0.15, -0.1) is 0 Å². The first-order valence-corrected chi connectivity index (χ1v) is 8.78. The standard InChI is InChI=1S/C18H27N3O3/c1-10-14(11(2)21(3)20-10)7-8-15(22)19-17-13-6-5-12(9-13)16(17)18(23)24-4/h12-13,16-17H,5-9H2,1-4H3,(H,19,22)/t12-,13-,16-,17-/m0/s1. The maximum atomic E-state index is 12.4. The number of methoxy groups -OCH3 is 1. The highest BCUT2D eigenvalue weighted by Crippen LogP contribution is 2.48. The first-order chi connectivity index (χ1) is 11.4. The lowest BCUT2D eigenvalue weighted by molar-refractivity contribution is -0.148. The number of hydrogen-bond acceptors (Lipinski definition) is 4. The molecule has 6 nitrogen and oxygen atoms in total. The summed E-state index contributed by atoms with van der Waals surface area (Å²) in [5.74, 6) is 0.468. The maximum Gasteiger partial charge on any atom is 0.311 e. The molecule has 1 heterocycles. The van der Waals surface area contributed by atoms with E-state index in [0.29, 0.717) is 24.7 Å². The first kappa shape index (κ1) is 17.0. The third-order valence-electron chi connectivity index (χ3n) is 5.98. The summed E-state index contributed by atoms with van der Waals surface area (Å²) in [7, 11) is 3.35. The van der Waals surface area contributed by atoms with Crippen molar-refractivity contribution in [2.24, 2.45) is 24.8 Å². The first-order valence-electron chi connectivity index (χ1n) is 8.78. The summed E-state index contributed by atoms with van der Waals surface area (Å²) in [6.45, 7) is 4.00. The van der Waals surface area contributed by atoms with Crippen LogP contribution in [0.2, 0.25) is 0 Å². The van der Waals surface area contributed by atoms with Gasteiger partial charge in [0.25, 0.3) is 0 Å². The quantitative estimate of drug-likeness (QED) is 0.832. The third kappa shape index (κ3) is 2.94. The Morgan fingerprint density at radius 3 is 2.62 bits per heavy atom. The molecule has 2 bridgehead atoms. The lowest BCUT2D eigenvalue weighted by Crippen LogP contribution is -2.47. The molecule has 6 heteroatoms. The predicted octanol–water partition coefficient (Wildman–Crippen LogP) is 1.67. The fraction of sp³-hybridized carbons (Fsp3) is 0.722. The number of rotatable bonds is 5. The molecule has 0 unspecified atom stereocenters. The van der Waals surface area contributed by atoms with Gasteiger partial charge in [0, 0.05) is 25.2 Å². The Morgan fingerprint density at radius 2 is 2.00 bits per heavy atom. The molecule has 4 atom stereocenters. The SMILES string of the molecule is COC(=O)[C@H]1[C@H]2CC[C@@H](C2)[C@@H]1NC(=O)CCc1c(C)nn(C)c1C. The monoisotopic (exact) mass is 333 g/mol. The van der Waals surface area contributed by atoms with E-state index in [1.807, 2.05) is 25.6 Å². The second-order valence-electron chi connectivity index (χ2n) is 7.25. The number of nitrogens with zero attached hydrogens (tertiary/aromatic N) is 2. The molecule has 2 aliphatic carbocycles.